The van der Waals surface area contributed by atoms with Crippen molar-refractivity contribution in [1.82, 2.24) is 14.8 Å². The molecule has 3 aromatic rings. The number of hydrogen-bond donors (Lipinski definition) is 1. The van der Waals surface area contributed by atoms with E-state index >= 15 is 0 Å². The molecule has 0 aliphatic rings. The molecule has 0 amide bonds. The van der Waals surface area contributed by atoms with E-state index in [1.54, 1.807) is 0 Å². The third kappa shape index (κ3) is 2.93. The molecular formula is C19H24N4. The Morgan fingerprint density at radius 1 is 1.17 bits per heavy atom. The van der Waals surface area contributed by atoms with Crippen LogP contribution in [0.4, 0.5) is 5.69 Å². The van der Waals surface area contributed by atoms with E-state index in [0.29, 0.717) is 0 Å². The van der Waals surface area contributed by atoms with Crippen molar-refractivity contribution in [2.45, 2.75) is 33.6 Å². The van der Waals surface area contributed by atoms with E-state index in [-0.39, 0.29) is 0 Å². The standard InChI is InChI=1S/C19H24N4/c1-5-16-13(2)22-18-9-7-6-8-17(18)19(16)20-11-10-15-12-21-23(4)14(15)3/h6-9,12H,5,10-11H2,1-4H3,(H,20,22). The second-order valence-electron chi connectivity index (χ2n) is 5.98. The van der Waals surface area contributed by atoms with Gasteiger partial charge in [-0.2, -0.15) is 5.10 Å². The van der Waals surface area contributed by atoms with Gasteiger partial charge in [-0.3, -0.25) is 9.67 Å². The number of anilines is 1. The molecule has 1 N–H and O–H groups in total. The molecule has 2 heterocycles. The minimum Gasteiger partial charge on any atom is -0.384 e. The van der Waals surface area contributed by atoms with Crippen LogP contribution in [-0.4, -0.2) is 21.3 Å². The van der Waals surface area contributed by atoms with Crippen molar-refractivity contribution in [3.63, 3.8) is 0 Å². The molecule has 0 unspecified atom stereocenters. The van der Waals surface area contributed by atoms with Crippen molar-refractivity contribution in [2.75, 3.05) is 11.9 Å². The van der Waals surface area contributed by atoms with Crippen molar-refractivity contribution in [1.29, 1.82) is 0 Å². The SMILES string of the molecule is CCc1c(C)nc2ccccc2c1NCCc1cnn(C)c1C. The molecule has 0 aliphatic heterocycles. The highest BCUT2D eigenvalue weighted by Crippen LogP contribution is 2.28. The Hall–Kier alpha value is -2.36. The van der Waals surface area contributed by atoms with Gasteiger partial charge in [-0.1, -0.05) is 25.1 Å². The summed E-state index contributed by atoms with van der Waals surface area (Å²) in [6, 6.07) is 8.36. The number of para-hydroxylation sites is 1. The van der Waals surface area contributed by atoms with Crippen molar-refractivity contribution in [3.8, 4) is 0 Å². The van der Waals surface area contributed by atoms with Crippen molar-refractivity contribution < 1.29 is 0 Å². The summed E-state index contributed by atoms with van der Waals surface area (Å²) in [5.74, 6) is 0. The molecule has 0 fully saturated rings. The van der Waals surface area contributed by atoms with E-state index in [1.165, 1.54) is 27.9 Å². The van der Waals surface area contributed by atoms with Crippen LogP contribution in [0.15, 0.2) is 30.5 Å². The van der Waals surface area contributed by atoms with Crippen LogP contribution in [0.2, 0.25) is 0 Å². The first-order valence-corrected chi connectivity index (χ1v) is 8.21. The van der Waals surface area contributed by atoms with E-state index in [9.17, 15) is 0 Å². The average Bonchev–Trinajstić information content (AvgIpc) is 2.86. The number of rotatable bonds is 5. The molecule has 3 rings (SSSR count). The molecule has 4 heteroatoms. The molecule has 2 aromatic heterocycles. The molecule has 0 saturated carbocycles. The first-order chi connectivity index (χ1) is 11.1. The largest absolute Gasteiger partial charge is 0.384 e. The minimum atomic E-state index is 0.896. The molecule has 4 nitrogen and oxygen atoms in total. The summed E-state index contributed by atoms with van der Waals surface area (Å²) in [6.45, 7) is 7.30. The summed E-state index contributed by atoms with van der Waals surface area (Å²) in [4.78, 5) is 4.74. The fourth-order valence-electron chi connectivity index (χ4n) is 3.12. The van der Waals surface area contributed by atoms with E-state index < -0.39 is 0 Å². The van der Waals surface area contributed by atoms with Gasteiger partial charge < -0.3 is 5.32 Å². The van der Waals surface area contributed by atoms with Gasteiger partial charge in [0, 0.05) is 36.1 Å². The maximum absolute atomic E-state index is 4.74. The van der Waals surface area contributed by atoms with Gasteiger partial charge in [0.1, 0.15) is 0 Å². The second-order valence-corrected chi connectivity index (χ2v) is 5.98. The molecule has 1 aromatic carbocycles. The number of aromatic nitrogens is 3. The Kier molecular flexibility index (Phi) is 4.33. The Bertz CT molecular complexity index is 833. The van der Waals surface area contributed by atoms with Crippen LogP contribution in [0.1, 0.15) is 29.4 Å². The summed E-state index contributed by atoms with van der Waals surface area (Å²) in [7, 11) is 1.99. The minimum absolute atomic E-state index is 0.896. The zero-order valence-electron chi connectivity index (χ0n) is 14.3. The third-order valence-corrected chi connectivity index (χ3v) is 4.59. The highest BCUT2D eigenvalue weighted by molar-refractivity contribution is 5.93. The number of nitrogens with zero attached hydrogens (tertiary/aromatic N) is 3. The monoisotopic (exact) mass is 308 g/mol. The normalized spacial score (nSPS) is 11.1. The number of nitrogens with one attached hydrogen (secondary N) is 1. The van der Waals surface area contributed by atoms with Gasteiger partial charge in [0.05, 0.1) is 11.7 Å². The van der Waals surface area contributed by atoms with E-state index in [0.717, 1.165) is 30.6 Å². The summed E-state index contributed by atoms with van der Waals surface area (Å²) in [5, 5.41) is 9.18. The summed E-state index contributed by atoms with van der Waals surface area (Å²) >= 11 is 0. The van der Waals surface area contributed by atoms with Crippen LogP contribution in [0.25, 0.3) is 10.9 Å². The number of fused-ring (bicyclic) bond motifs is 1. The predicted molar refractivity (Wildman–Crippen MR) is 96.0 cm³/mol. The summed E-state index contributed by atoms with van der Waals surface area (Å²) < 4.78 is 1.93. The third-order valence-electron chi connectivity index (χ3n) is 4.59. The van der Waals surface area contributed by atoms with Gasteiger partial charge in [-0.15, -0.1) is 0 Å². The lowest BCUT2D eigenvalue weighted by molar-refractivity contribution is 0.737. The molecule has 0 aliphatic carbocycles. The lowest BCUT2D eigenvalue weighted by atomic mass is 10.0. The van der Waals surface area contributed by atoms with Crippen molar-refractivity contribution in [3.05, 3.63) is 53.0 Å². The van der Waals surface area contributed by atoms with Crippen LogP contribution in [0.3, 0.4) is 0 Å². The van der Waals surface area contributed by atoms with E-state index in [4.69, 9.17) is 4.98 Å². The maximum Gasteiger partial charge on any atom is 0.0726 e. The Balaban J connectivity index is 1.88. The van der Waals surface area contributed by atoms with Gasteiger partial charge in [0.25, 0.3) is 0 Å². The lowest BCUT2D eigenvalue weighted by Gasteiger charge is -2.16. The molecule has 23 heavy (non-hydrogen) atoms. The number of pyridine rings is 1. The van der Waals surface area contributed by atoms with E-state index in [1.807, 2.05) is 24.0 Å². The van der Waals surface area contributed by atoms with Crippen LogP contribution in [0, 0.1) is 13.8 Å². The van der Waals surface area contributed by atoms with Gasteiger partial charge in [-0.25, -0.2) is 0 Å². The second kappa shape index (κ2) is 6.41. The number of benzene rings is 1. The van der Waals surface area contributed by atoms with Crippen molar-refractivity contribution in [2.24, 2.45) is 7.05 Å². The maximum atomic E-state index is 4.74. The summed E-state index contributed by atoms with van der Waals surface area (Å²) in [5.41, 5.74) is 7.25. The zero-order chi connectivity index (χ0) is 16.4. The number of aryl methyl sites for hydroxylation is 2. The van der Waals surface area contributed by atoms with E-state index in [2.05, 4.69) is 49.4 Å². The highest BCUT2D eigenvalue weighted by Gasteiger charge is 2.11. The van der Waals surface area contributed by atoms with Crippen LogP contribution in [0.5, 0.6) is 0 Å². The van der Waals surface area contributed by atoms with Crippen LogP contribution < -0.4 is 5.32 Å². The van der Waals surface area contributed by atoms with Gasteiger partial charge in [0.15, 0.2) is 0 Å². The quantitative estimate of drug-likeness (QED) is 0.779. The molecule has 0 radical (unpaired) electrons. The molecule has 0 bridgehead atoms. The average molecular weight is 308 g/mol. The van der Waals surface area contributed by atoms with Crippen LogP contribution in [-0.2, 0) is 19.9 Å². The summed E-state index contributed by atoms with van der Waals surface area (Å²) in [6.07, 6.45) is 3.92. The van der Waals surface area contributed by atoms with Crippen molar-refractivity contribution >= 4 is 16.6 Å². The van der Waals surface area contributed by atoms with Gasteiger partial charge in [0.2, 0.25) is 0 Å². The predicted octanol–water partition coefficient (Wildman–Crippen LogP) is 3.80. The fraction of sp³-hybridized carbons (Fsp3) is 0.368. The smallest absolute Gasteiger partial charge is 0.0726 e. The first-order valence-electron chi connectivity index (χ1n) is 8.21. The van der Waals surface area contributed by atoms with Gasteiger partial charge >= 0.3 is 0 Å². The Labute approximate surface area is 137 Å². The van der Waals surface area contributed by atoms with Crippen LogP contribution >= 0.6 is 0 Å². The topological polar surface area (TPSA) is 42.7 Å². The lowest BCUT2D eigenvalue weighted by Crippen LogP contribution is -2.09. The first kappa shape index (κ1) is 15.5. The molecular weight excluding hydrogens is 284 g/mol. The molecule has 120 valence electrons. The van der Waals surface area contributed by atoms with Gasteiger partial charge in [-0.05, 0) is 43.9 Å². The number of hydrogen-bond acceptors (Lipinski definition) is 3. The fourth-order valence-corrected chi connectivity index (χ4v) is 3.12. The molecule has 0 atom stereocenters. The molecule has 0 spiro atoms. The highest BCUT2D eigenvalue weighted by atomic mass is 15.3. The Morgan fingerprint density at radius 3 is 2.65 bits per heavy atom. The Morgan fingerprint density at radius 2 is 1.96 bits per heavy atom. The zero-order valence-corrected chi connectivity index (χ0v) is 14.3. The molecule has 0 saturated heterocycles.